The van der Waals surface area contributed by atoms with Crippen LogP contribution in [0, 0.1) is 0 Å². The lowest BCUT2D eigenvalue weighted by Gasteiger charge is -2.17. The van der Waals surface area contributed by atoms with Crippen LogP contribution in [0.3, 0.4) is 0 Å². The summed E-state index contributed by atoms with van der Waals surface area (Å²) >= 11 is 4.79. The van der Waals surface area contributed by atoms with Crippen molar-refractivity contribution in [2.24, 2.45) is 5.14 Å². The number of hydrogen-bond donors (Lipinski definition) is 2. The zero-order valence-corrected chi connectivity index (χ0v) is 17.6. The fraction of sp³-hybridized carbons (Fsp3) is 0.100. The van der Waals surface area contributed by atoms with Crippen molar-refractivity contribution in [3.63, 3.8) is 0 Å². The third-order valence-electron chi connectivity index (χ3n) is 3.86. The van der Waals surface area contributed by atoms with Gasteiger partial charge < -0.3 is 5.32 Å². The van der Waals surface area contributed by atoms with Gasteiger partial charge in [0.1, 0.15) is 0 Å². The zero-order valence-electron chi connectivity index (χ0n) is 14.4. The Bertz CT molecular complexity index is 1010. The molecule has 0 saturated heterocycles. The minimum Gasteiger partial charge on any atom is -0.380 e. The first kappa shape index (κ1) is 19.9. The van der Waals surface area contributed by atoms with Gasteiger partial charge in [0.2, 0.25) is 10.0 Å². The quantitative estimate of drug-likeness (QED) is 0.484. The molecule has 0 heterocycles. The normalized spacial score (nSPS) is 11.3. The molecule has 0 radical (unpaired) electrons. The molecule has 4 nitrogen and oxygen atoms in total. The van der Waals surface area contributed by atoms with Crippen LogP contribution in [0.1, 0.15) is 11.1 Å². The number of alkyl halides is 1. The van der Waals surface area contributed by atoms with Crippen LogP contribution in [0.15, 0.2) is 87.5 Å². The fourth-order valence-corrected chi connectivity index (χ4v) is 4.99. The third-order valence-corrected chi connectivity index (χ3v) is 6.73. The fourth-order valence-electron chi connectivity index (χ4n) is 2.58. The molecule has 0 atom stereocenters. The number of primary sulfonamides is 1. The average molecular weight is 463 g/mol. The van der Waals surface area contributed by atoms with Gasteiger partial charge in [0, 0.05) is 16.8 Å². The van der Waals surface area contributed by atoms with Crippen LogP contribution in [0.5, 0.6) is 0 Å². The summed E-state index contributed by atoms with van der Waals surface area (Å²) in [6.07, 6.45) is 0. The number of sulfonamides is 1. The van der Waals surface area contributed by atoms with Gasteiger partial charge in [0.25, 0.3) is 0 Å². The van der Waals surface area contributed by atoms with Crippen LogP contribution < -0.4 is 10.5 Å². The van der Waals surface area contributed by atoms with Gasteiger partial charge in [-0.2, -0.15) is 0 Å². The van der Waals surface area contributed by atoms with E-state index < -0.39 is 10.0 Å². The highest BCUT2D eigenvalue weighted by atomic mass is 79.9. The van der Waals surface area contributed by atoms with Crippen LogP contribution in [0.4, 0.5) is 5.69 Å². The third kappa shape index (κ3) is 5.35. The molecule has 0 fully saturated rings. The van der Waals surface area contributed by atoms with Gasteiger partial charge >= 0.3 is 0 Å². The van der Waals surface area contributed by atoms with Gasteiger partial charge in [0.15, 0.2) is 0 Å². The highest BCUT2D eigenvalue weighted by molar-refractivity contribution is 9.08. The Balaban J connectivity index is 2.05. The Morgan fingerprint density at radius 3 is 2.15 bits per heavy atom. The predicted octanol–water partition coefficient (Wildman–Crippen LogP) is 4.99. The number of halogens is 1. The first-order chi connectivity index (χ1) is 13.0. The molecular weight excluding hydrogens is 444 g/mol. The molecule has 0 spiro atoms. The molecule has 0 aliphatic rings. The maximum atomic E-state index is 12.3. The molecule has 3 N–H and O–H groups in total. The maximum Gasteiger partial charge on any atom is 0.239 e. The number of hydrogen-bond acceptors (Lipinski definition) is 4. The second-order valence-electron chi connectivity index (χ2n) is 5.90. The van der Waals surface area contributed by atoms with Crippen LogP contribution in [-0.4, -0.2) is 8.42 Å². The summed E-state index contributed by atoms with van der Waals surface area (Å²) in [4.78, 5) is 1.67. The lowest BCUT2D eigenvalue weighted by atomic mass is 10.2. The van der Waals surface area contributed by atoms with Gasteiger partial charge in [-0.3, -0.25) is 0 Å². The first-order valence-corrected chi connectivity index (χ1v) is 11.7. The minimum atomic E-state index is -3.87. The van der Waals surface area contributed by atoms with Crippen molar-refractivity contribution in [2.45, 2.75) is 26.6 Å². The molecule has 0 aliphatic carbocycles. The van der Waals surface area contributed by atoms with Gasteiger partial charge in [-0.1, -0.05) is 76.2 Å². The summed E-state index contributed by atoms with van der Waals surface area (Å²) in [6.45, 7) is 0.582. The monoisotopic (exact) mass is 462 g/mol. The van der Waals surface area contributed by atoms with Gasteiger partial charge in [0.05, 0.1) is 15.5 Å². The Morgan fingerprint density at radius 2 is 1.56 bits per heavy atom. The zero-order chi connectivity index (χ0) is 19.3. The molecule has 3 rings (SSSR count). The molecule has 0 unspecified atom stereocenters. The van der Waals surface area contributed by atoms with E-state index in [-0.39, 0.29) is 4.90 Å². The highest BCUT2D eigenvalue weighted by Gasteiger charge is 2.20. The van der Waals surface area contributed by atoms with Crippen molar-refractivity contribution < 1.29 is 8.42 Å². The van der Waals surface area contributed by atoms with Crippen molar-refractivity contribution in [1.82, 2.24) is 0 Å². The van der Waals surface area contributed by atoms with Gasteiger partial charge in [-0.05, 0) is 35.4 Å². The molecule has 0 amide bonds. The lowest BCUT2D eigenvalue weighted by Crippen LogP contribution is -2.15. The van der Waals surface area contributed by atoms with Crippen molar-refractivity contribution in [2.75, 3.05) is 5.32 Å². The topological polar surface area (TPSA) is 72.2 Å². The molecular formula is C20H19BrN2O2S2. The van der Waals surface area contributed by atoms with E-state index in [0.29, 0.717) is 16.8 Å². The van der Waals surface area contributed by atoms with E-state index in [9.17, 15) is 8.42 Å². The molecule has 3 aromatic rings. The smallest absolute Gasteiger partial charge is 0.239 e. The van der Waals surface area contributed by atoms with Crippen LogP contribution >= 0.6 is 27.7 Å². The second-order valence-corrected chi connectivity index (χ2v) is 9.08. The maximum absolute atomic E-state index is 12.3. The summed E-state index contributed by atoms with van der Waals surface area (Å²) in [5.41, 5.74) is 2.69. The van der Waals surface area contributed by atoms with Crippen molar-refractivity contribution >= 4 is 43.4 Å². The van der Waals surface area contributed by atoms with E-state index >= 15 is 0 Å². The van der Waals surface area contributed by atoms with Gasteiger partial charge in [-0.25, -0.2) is 13.6 Å². The summed E-state index contributed by atoms with van der Waals surface area (Å²) in [5.74, 6) is 0. The first-order valence-electron chi connectivity index (χ1n) is 8.24. The van der Waals surface area contributed by atoms with E-state index in [1.165, 1.54) is 11.8 Å². The standard InChI is InChI=1S/C20H19BrN2O2S2/c21-13-16-11-18(23-14-15-7-3-1-4-8-15)20(19(12-16)27(22,24)25)26-17-9-5-2-6-10-17/h1-12,23H,13-14H2,(H2,22,24,25). The van der Waals surface area contributed by atoms with E-state index in [2.05, 4.69) is 21.2 Å². The predicted molar refractivity (Wildman–Crippen MR) is 115 cm³/mol. The average Bonchev–Trinajstić information content (AvgIpc) is 2.67. The number of anilines is 1. The largest absolute Gasteiger partial charge is 0.380 e. The Kier molecular flexibility index (Phi) is 6.59. The molecule has 0 bridgehead atoms. The van der Waals surface area contributed by atoms with E-state index in [4.69, 9.17) is 5.14 Å². The lowest BCUT2D eigenvalue weighted by molar-refractivity contribution is 0.595. The van der Waals surface area contributed by atoms with Crippen LogP contribution in [0.25, 0.3) is 0 Å². The van der Waals surface area contributed by atoms with Crippen molar-refractivity contribution in [3.8, 4) is 0 Å². The Labute approximate surface area is 172 Å². The highest BCUT2D eigenvalue weighted by Crippen LogP contribution is 2.39. The van der Waals surface area contributed by atoms with E-state index in [1.807, 2.05) is 66.7 Å². The SMILES string of the molecule is NS(=O)(=O)c1cc(CBr)cc(NCc2ccccc2)c1Sc1ccccc1. The Morgan fingerprint density at radius 1 is 0.926 bits per heavy atom. The minimum absolute atomic E-state index is 0.129. The number of nitrogens with one attached hydrogen (secondary N) is 1. The molecule has 27 heavy (non-hydrogen) atoms. The molecule has 0 aliphatic heterocycles. The molecule has 7 heteroatoms. The summed E-state index contributed by atoms with van der Waals surface area (Å²) in [5, 5.41) is 9.44. The second kappa shape index (κ2) is 8.93. The molecule has 0 saturated carbocycles. The summed E-state index contributed by atoms with van der Waals surface area (Å²) in [6, 6.07) is 23.2. The van der Waals surface area contributed by atoms with E-state index in [0.717, 1.165) is 21.7 Å². The van der Waals surface area contributed by atoms with Crippen LogP contribution in [-0.2, 0) is 21.9 Å². The number of nitrogens with two attached hydrogens (primary N) is 1. The molecule has 0 aromatic heterocycles. The van der Waals surface area contributed by atoms with Crippen molar-refractivity contribution in [1.29, 1.82) is 0 Å². The number of rotatable bonds is 7. The van der Waals surface area contributed by atoms with Gasteiger partial charge in [-0.15, -0.1) is 0 Å². The van der Waals surface area contributed by atoms with E-state index in [1.54, 1.807) is 6.07 Å². The molecule has 140 valence electrons. The summed E-state index contributed by atoms with van der Waals surface area (Å²) < 4.78 is 24.5. The molecule has 3 aromatic carbocycles. The van der Waals surface area contributed by atoms with Crippen LogP contribution in [0.2, 0.25) is 0 Å². The van der Waals surface area contributed by atoms with Crippen molar-refractivity contribution in [3.05, 3.63) is 83.9 Å². The summed E-state index contributed by atoms with van der Waals surface area (Å²) in [7, 11) is -3.87. The number of benzene rings is 3. The Hall–Kier alpha value is -1.80.